The zero-order valence-corrected chi connectivity index (χ0v) is 17.2. The van der Waals surface area contributed by atoms with Gasteiger partial charge in [-0.2, -0.15) is 13.2 Å². The molecule has 0 saturated carbocycles. The van der Waals surface area contributed by atoms with Crippen LogP contribution in [0, 0.1) is 6.92 Å². The van der Waals surface area contributed by atoms with E-state index in [0.29, 0.717) is 6.54 Å². The Balaban J connectivity index is 1.43. The Labute approximate surface area is 177 Å². The van der Waals surface area contributed by atoms with Gasteiger partial charge in [0.25, 0.3) is 0 Å². The highest BCUT2D eigenvalue weighted by Gasteiger charge is 2.30. The van der Waals surface area contributed by atoms with Crippen LogP contribution < -0.4 is 15.4 Å². The zero-order chi connectivity index (χ0) is 22.6. The molecule has 1 unspecified atom stereocenters. The maximum absolute atomic E-state index is 12.6. The highest BCUT2D eigenvalue weighted by atomic mass is 19.4. The monoisotopic (exact) mass is 435 g/mol. The molecule has 31 heavy (non-hydrogen) atoms. The molecule has 0 aliphatic rings. The van der Waals surface area contributed by atoms with E-state index in [1.54, 1.807) is 0 Å². The van der Waals surface area contributed by atoms with E-state index in [1.165, 1.54) is 12.1 Å². The molecular formula is C22H24F3N3O3. The number of alkyl halides is 3. The van der Waals surface area contributed by atoms with E-state index < -0.39 is 23.9 Å². The van der Waals surface area contributed by atoms with Gasteiger partial charge in [-0.25, -0.2) is 4.79 Å². The fraction of sp³-hybridized carbons (Fsp3) is 0.318. The number of para-hydroxylation sites is 1. The third-order valence-electron chi connectivity index (χ3n) is 5.05. The van der Waals surface area contributed by atoms with E-state index in [-0.39, 0.29) is 18.9 Å². The van der Waals surface area contributed by atoms with E-state index in [0.717, 1.165) is 34.3 Å². The Kier molecular flexibility index (Phi) is 6.74. The molecule has 3 aromatic rings. The van der Waals surface area contributed by atoms with Crippen molar-refractivity contribution >= 4 is 16.9 Å². The molecule has 0 fully saturated rings. The molecule has 1 atom stereocenters. The number of aryl methyl sites for hydroxylation is 2. The maximum Gasteiger partial charge on any atom is 0.416 e. The van der Waals surface area contributed by atoms with Gasteiger partial charge in [-0.05, 0) is 42.8 Å². The van der Waals surface area contributed by atoms with Crippen molar-refractivity contribution in [2.45, 2.75) is 25.7 Å². The second-order valence-electron chi connectivity index (χ2n) is 7.20. The number of aliphatic hydroxyl groups is 1. The molecule has 0 spiro atoms. The summed E-state index contributed by atoms with van der Waals surface area (Å²) in [5, 5.41) is 16.4. The number of halogens is 3. The number of hydrogen-bond acceptors (Lipinski definition) is 3. The lowest BCUT2D eigenvalue weighted by Gasteiger charge is -2.15. The number of benzene rings is 2. The molecule has 166 valence electrons. The van der Waals surface area contributed by atoms with Crippen LogP contribution in [0.2, 0.25) is 0 Å². The minimum absolute atomic E-state index is 0.0689. The number of nitrogens with one attached hydrogen (secondary N) is 2. The average Bonchev–Trinajstić information content (AvgIpc) is 2.99. The molecule has 1 aromatic heterocycles. The van der Waals surface area contributed by atoms with Crippen LogP contribution in [0.4, 0.5) is 18.0 Å². The van der Waals surface area contributed by atoms with E-state index in [2.05, 4.69) is 10.6 Å². The van der Waals surface area contributed by atoms with Crippen molar-refractivity contribution in [3.8, 4) is 5.75 Å². The SMILES string of the molecule is Cc1c(CNC(=O)NCC(O)COc2ccc(C(F)(F)F)cc2)n(C)c2ccccc12. The number of urea groups is 1. The van der Waals surface area contributed by atoms with Gasteiger partial charge in [-0.1, -0.05) is 18.2 Å². The van der Waals surface area contributed by atoms with E-state index in [9.17, 15) is 23.1 Å². The summed E-state index contributed by atoms with van der Waals surface area (Å²) in [5.74, 6) is 0.197. The van der Waals surface area contributed by atoms with Crippen LogP contribution in [0.1, 0.15) is 16.8 Å². The summed E-state index contributed by atoms with van der Waals surface area (Å²) in [6.45, 7) is 2.08. The average molecular weight is 435 g/mol. The molecule has 6 nitrogen and oxygen atoms in total. The molecule has 0 aliphatic carbocycles. The summed E-state index contributed by atoms with van der Waals surface area (Å²) in [7, 11) is 1.94. The molecule has 3 rings (SSSR count). The van der Waals surface area contributed by atoms with Gasteiger partial charge in [0.2, 0.25) is 0 Å². The van der Waals surface area contributed by atoms with Crippen LogP contribution in [-0.4, -0.2) is 35.0 Å². The Morgan fingerprint density at radius 1 is 1.13 bits per heavy atom. The molecule has 0 saturated heterocycles. The van der Waals surface area contributed by atoms with Crippen LogP contribution in [0.15, 0.2) is 48.5 Å². The minimum atomic E-state index is -4.42. The van der Waals surface area contributed by atoms with Gasteiger partial charge in [-0.3, -0.25) is 0 Å². The number of rotatable bonds is 7. The lowest BCUT2D eigenvalue weighted by Crippen LogP contribution is -2.41. The van der Waals surface area contributed by atoms with Crippen molar-refractivity contribution in [1.82, 2.24) is 15.2 Å². The zero-order valence-electron chi connectivity index (χ0n) is 17.2. The quantitative estimate of drug-likeness (QED) is 0.529. The number of carbonyl (C=O) groups excluding carboxylic acids is 1. The van der Waals surface area contributed by atoms with Crippen molar-refractivity contribution in [3.05, 3.63) is 65.4 Å². The summed E-state index contributed by atoms with van der Waals surface area (Å²) < 4.78 is 44.9. The topological polar surface area (TPSA) is 75.5 Å². The van der Waals surface area contributed by atoms with Crippen LogP contribution in [0.5, 0.6) is 5.75 Å². The summed E-state index contributed by atoms with van der Waals surface area (Å²) >= 11 is 0. The lowest BCUT2D eigenvalue weighted by molar-refractivity contribution is -0.137. The van der Waals surface area contributed by atoms with Crippen molar-refractivity contribution in [2.24, 2.45) is 7.05 Å². The van der Waals surface area contributed by atoms with Gasteiger partial charge in [0.05, 0.1) is 12.1 Å². The smallest absolute Gasteiger partial charge is 0.416 e. The third-order valence-corrected chi connectivity index (χ3v) is 5.05. The summed E-state index contributed by atoms with van der Waals surface area (Å²) in [4.78, 5) is 12.1. The summed E-state index contributed by atoms with van der Waals surface area (Å²) in [6, 6.07) is 11.7. The van der Waals surface area contributed by atoms with Gasteiger partial charge >= 0.3 is 12.2 Å². The second kappa shape index (κ2) is 9.30. The van der Waals surface area contributed by atoms with E-state index in [1.807, 2.05) is 42.8 Å². The van der Waals surface area contributed by atoms with Crippen LogP contribution in [-0.2, 0) is 19.8 Å². The molecule has 0 bridgehead atoms. The molecule has 2 aromatic carbocycles. The van der Waals surface area contributed by atoms with Crippen LogP contribution >= 0.6 is 0 Å². The Morgan fingerprint density at radius 2 is 1.81 bits per heavy atom. The predicted octanol–water partition coefficient (Wildman–Crippen LogP) is 3.74. The van der Waals surface area contributed by atoms with Gasteiger partial charge in [0, 0.05) is 30.2 Å². The number of hydrogen-bond donors (Lipinski definition) is 3. The minimum Gasteiger partial charge on any atom is -0.491 e. The number of ether oxygens (including phenoxy) is 1. The van der Waals surface area contributed by atoms with Crippen LogP contribution in [0.25, 0.3) is 10.9 Å². The number of aliphatic hydroxyl groups excluding tert-OH is 1. The molecule has 0 aliphatic heterocycles. The molecule has 2 amide bonds. The van der Waals surface area contributed by atoms with E-state index in [4.69, 9.17) is 4.74 Å². The molecule has 1 heterocycles. The number of amides is 2. The summed E-state index contributed by atoms with van der Waals surface area (Å²) in [6.07, 6.45) is -5.44. The molecule has 3 N–H and O–H groups in total. The maximum atomic E-state index is 12.6. The first kappa shape index (κ1) is 22.5. The Hall–Kier alpha value is -3.20. The molecular weight excluding hydrogens is 411 g/mol. The highest BCUT2D eigenvalue weighted by molar-refractivity contribution is 5.85. The largest absolute Gasteiger partial charge is 0.491 e. The van der Waals surface area contributed by atoms with Gasteiger partial charge in [-0.15, -0.1) is 0 Å². The third kappa shape index (κ3) is 5.49. The Morgan fingerprint density at radius 3 is 2.45 bits per heavy atom. The summed E-state index contributed by atoms with van der Waals surface area (Å²) in [5.41, 5.74) is 2.36. The first-order valence-electron chi connectivity index (χ1n) is 9.69. The van der Waals surface area contributed by atoms with Crippen molar-refractivity contribution in [1.29, 1.82) is 0 Å². The number of aromatic nitrogens is 1. The van der Waals surface area contributed by atoms with Gasteiger partial charge < -0.3 is 25.0 Å². The Bertz CT molecular complexity index is 1010. The molecule has 0 radical (unpaired) electrons. The fourth-order valence-electron chi connectivity index (χ4n) is 3.32. The normalized spacial score (nSPS) is 12.6. The molecule has 9 heteroatoms. The highest BCUT2D eigenvalue weighted by Crippen LogP contribution is 2.30. The number of fused-ring (bicyclic) bond motifs is 1. The number of nitrogens with zero attached hydrogens (tertiary/aromatic N) is 1. The van der Waals surface area contributed by atoms with Gasteiger partial charge in [0.15, 0.2) is 0 Å². The van der Waals surface area contributed by atoms with Gasteiger partial charge in [0.1, 0.15) is 18.5 Å². The lowest BCUT2D eigenvalue weighted by atomic mass is 10.1. The fourth-order valence-corrected chi connectivity index (χ4v) is 3.32. The standard InChI is InChI=1S/C22H24F3N3O3/c1-14-18-5-3-4-6-19(18)28(2)20(14)12-27-21(30)26-11-16(29)13-31-17-9-7-15(8-10-17)22(23,24)25/h3-10,16,29H,11-13H2,1-2H3,(H2,26,27,30). The second-order valence-corrected chi connectivity index (χ2v) is 7.20. The van der Waals surface area contributed by atoms with Crippen molar-refractivity contribution in [2.75, 3.05) is 13.2 Å². The van der Waals surface area contributed by atoms with Crippen molar-refractivity contribution in [3.63, 3.8) is 0 Å². The van der Waals surface area contributed by atoms with Crippen molar-refractivity contribution < 1.29 is 27.8 Å². The van der Waals surface area contributed by atoms with Crippen LogP contribution in [0.3, 0.4) is 0 Å². The van der Waals surface area contributed by atoms with E-state index >= 15 is 0 Å². The first-order valence-corrected chi connectivity index (χ1v) is 9.69. The predicted molar refractivity (Wildman–Crippen MR) is 111 cm³/mol. The number of carbonyl (C=O) groups is 1. The first-order chi connectivity index (χ1) is 14.7.